The van der Waals surface area contributed by atoms with E-state index in [1.807, 2.05) is 18.2 Å². The summed E-state index contributed by atoms with van der Waals surface area (Å²) in [6.45, 7) is 3.58. The van der Waals surface area contributed by atoms with Gasteiger partial charge in [0.2, 0.25) is 0 Å². The van der Waals surface area contributed by atoms with Crippen molar-refractivity contribution in [1.29, 1.82) is 0 Å². The maximum atomic E-state index is 13.8. The Hall–Kier alpha value is -2.31. The summed E-state index contributed by atoms with van der Waals surface area (Å²) < 4.78 is 19.7. The third-order valence-corrected chi connectivity index (χ3v) is 5.64. The number of hydrogen-bond acceptors (Lipinski definition) is 4. The number of aromatic nitrogens is 1. The Bertz CT molecular complexity index is 808. The number of nitrogens with zero attached hydrogens (tertiary/aromatic N) is 3. The van der Waals surface area contributed by atoms with Gasteiger partial charge >= 0.3 is 0 Å². The number of pyridine rings is 1. The number of likely N-dealkylation sites (tertiary alicyclic amines) is 2. The molecular weight excluding hydrogens is 345 g/mol. The minimum Gasteiger partial charge on any atom is -0.375 e. The van der Waals surface area contributed by atoms with Crippen molar-refractivity contribution in [3.63, 3.8) is 0 Å². The van der Waals surface area contributed by atoms with E-state index in [0.29, 0.717) is 32.3 Å². The fraction of sp³-hybridized carbons (Fsp3) is 0.429. The van der Waals surface area contributed by atoms with Gasteiger partial charge in [-0.3, -0.25) is 9.78 Å². The molecule has 1 aromatic heterocycles. The molecule has 2 saturated heterocycles. The number of amides is 1. The Balaban J connectivity index is 1.29. The van der Waals surface area contributed by atoms with Gasteiger partial charge in [0.1, 0.15) is 0 Å². The molecule has 27 heavy (non-hydrogen) atoms. The lowest BCUT2D eigenvalue weighted by Gasteiger charge is -2.48. The van der Waals surface area contributed by atoms with E-state index >= 15 is 0 Å². The number of carbonyl (C=O) groups excluding carboxylic acids is 1. The fourth-order valence-electron chi connectivity index (χ4n) is 4.31. The summed E-state index contributed by atoms with van der Waals surface area (Å²) in [5.41, 5.74) is 1.39. The predicted molar refractivity (Wildman–Crippen MR) is 99.7 cm³/mol. The minimum absolute atomic E-state index is 0.106. The molecule has 6 heteroatoms. The largest absolute Gasteiger partial charge is 0.375 e. The molecule has 1 amide bonds. The van der Waals surface area contributed by atoms with Crippen LogP contribution in [0.25, 0.3) is 0 Å². The maximum Gasteiger partial charge on any atom is 0.256 e. The second-order valence-electron chi connectivity index (χ2n) is 7.79. The third-order valence-electron chi connectivity index (χ3n) is 5.64. The Morgan fingerprint density at radius 2 is 2.04 bits per heavy atom. The average molecular weight is 369 g/mol. The molecule has 0 N–H and O–H groups in total. The monoisotopic (exact) mass is 369 g/mol. The molecule has 0 aliphatic carbocycles. The highest BCUT2D eigenvalue weighted by Gasteiger charge is 2.52. The molecule has 2 aliphatic heterocycles. The average Bonchev–Trinajstić information content (AvgIpc) is 2.98. The zero-order chi connectivity index (χ0) is 18.9. The highest BCUT2D eigenvalue weighted by Crippen LogP contribution is 2.42. The molecule has 0 radical (unpaired) electrons. The molecule has 3 heterocycles. The van der Waals surface area contributed by atoms with Gasteiger partial charge in [-0.05, 0) is 25.1 Å². The summed E-state index contributed by atoms with van der Waals surface area (Å²) in [4.78, 5) is 20.3. The summed E-state index contributed by atoms with van der Waals surface area (Å²) in [6, 6.07) is 12.0. The Morgan fingerprint density at radius 3 is 2.78 bits per heavy atom. The molecule has 0 saturated carbocycles. The summed E-state index contributed by atoms with van der Waals surface area (Å²) >= 11 is 0. The fourth-order valence-corrected chi connectivity index (χ4v) is 4.31. The molecule has 2 fully saturated rings. The van der Waals surface area contributed by atoms with Gasteiger partial charge in [0, 0.05) is 37.3 Å². The second-order valence-corrected chi connectivity index (χ2v) is 7.79. The normalized spacial score (nSPS) is 21.4. The Morgan fingerprint density at radius 1 is 1.26 bits per heavy atom. The number of carbonyl (C=O) groups is 1. The van der Waals surface area contributed by atoms with Gasteiger partial charge in [-0.1, -0.05) is 30.3 Å². The van der Waals surface area contributed by atoms with E-state index in [-0.39, 0.29) is 16.9 Å². The van der Waals surface area contributed by atoms with Crippen molar-refractivity contribution in [2.75, 3.05) is 33.3 Å². The summed E-state index contributed by atoms with van der Waals surface area (Å²) in [7, 11) is 2.11. The van der Waals surface area contributed by atoms with Crippen molar-refractivity contribution in [3.05, 3.63) is 65.7 Å². The molecule has 1 spiro atoms. The van der Waals surface area contributed by atoms with Crippen molar-refractivity contribution < 1.29 is 13.9 Å². The van der Waals surface area contributed by atoms with Gasteiger partial charge in [0.25, 0.3) is 5.91 Å². The van der Waals surface area contributed by atoms with Gasteiger partial charge in [-0.25, -0.2) is 4.39 Å². The molecule has 5 nitrogen and oxygen atoms in total. The lowest BCUT2D eigenvalue weighted by Crippen LogP contribution is -2.59. The van der Waals surface area contributed by atoms with Gasteiger partial charge in [-0.2, -0.15) is 0 Å². The van der Waals surface area contributed by atoms with Crippen LogP contribution in [0.15, 0.2) is 48.8 Å². The lowest BCUT2D eigenvalue weighted by molar-refractivity contribution is 0.0105. The first-order chi connectivity index (χ1) is 13.1. The first-order valence-electron chi connectivity index (χ1n) is 9.27. The van der Waals surface area contributed by atoms with E-state index in [1.54, 1.807) is 4.90 Å². The second kappa shape index (κ2) is 7.37. The van der Waals surface area contributed by atoms with Crippen LogP contribution in [0, 0.1) is 11.2 Å². The van der Waals surface area contributed by atoms with Crippen LogP contribution >= 0.6 is 0 Å². The van der Waals surface area contributed by atoms with Crippen LogP contribution in [0.1, 0.15) is 22.3 Å². The van der Waals surface area contributed by atoms with E-state index in [4.69, 9.17) is 4.74 Å². The lowest BCUT2D eigenvalue weighted by atomic mass is 9.77. The van der Waals surface area contributed by atoms with Crippen LogP contribution in [0.4, 0.5) is 4.39 Å². The van der Waals surface area contributed by atoms with Crippen molar-refractivity contribution in [2.45, 2.75) is 19.1 Å². The summed E-state index contributed by atoms with van der Waals surface area (Å²) in [6.07, 6.45) is 3.54. The van der Waals surface area contributed by atoms with Crippen LogP contribution in [0.2, 0.25) is 0 Å². The topological polar surface area (TPSA) is 45.7 Å². The smallest absolute Gasteiger partial charge is 0.256 e. The zero-order valence-corrected chi connectivity index (χ0v) is 15.5. The van der Waals surface area contributed by atoms with Crippen LogP contribution in [0.5, 0.6) is 0 Å². The van der Waals surface area contributed by atoms with Crippen LogP contribution < -0.4 is 0 Å². The summed E-state index contributed by atoms with van der Waals surface area (Å²) in [5.74, 6) is -0.800. The first kappa shape index (κ1) is 18.1. The van der Waals surface area contributed by atoms with Gasteiger partial charge in [-0.15, -0.1) is 0 Å². The number of rotatable bonds is 5. The number of hydrogen-bond donors (Lipinski definition) is 0. The number of benzene rings is 1. The number of likely N-dealkylation sites (N-methyl/N-ethyl adjacent to an activating group) is 1. The number of halogens is 1. The van der Waals surface area contributed by atoms with E-state index in [0.717, 1.165) is 19.2 Å². The molecule has 4 rings (SSSR count). The molecular formula is C21H24FN3O2. The summed E-state index contributed by atoms with van der Waals surface area (Å²) in [5, 5.41) is 0. The zero-order valence-electron chi connectivity index (χ0n) is 15.5. The molecule has 1 aromatic carbocycles. The third kappa shape index (κ3) is 3.73. The minimum atomic E-state index is -0.556. The maximum absolute atomic E-state index is 13.8. The van der Waals surface area contributed by atoms with Crippen LogP contribution in [-0.2, 0) is 11.3 Å². The molecule has 2 aromatic rings. The van der Waals surface area contributed by atoms with E-state index in [1.165, 1.54) is 17.8 Å². The SMILES string of the molecule is CN1CC2(CC1COCc1ccccc1)CN(C(=O)c1ccncc1F)C2. The van der Waals surface area contributed by atoms with Crippen LogP contribution in [-0.4, -0.2) is 60.0 Å². The molecule has 2 aliphatic rings. The van der Waals surface area contributed by atoms with Gasteiger partial charge in [0.15, 0.2) is 5.82 Å². The first-order valence-corrected chi connectivity index (χ1v) is 9.27. The van der Waals surface area contributed by atoms with E-state index < -0.39 is 5.82 Å². The van der Waals surface area contributed by atoms with Crippen molar-refractivity contribution in [2.24, 2.45) is 5.41 Å². The Kier molecular flexibility index (Phi) is 4.93. The Labute approximate surface area is 158 Å². The van der Waals surface area contributed by atoms with E-state index in [9.17, 15) is 9.18 Å². The van der Waals surface area contributed by atoms with Crippen molar-refractivity contribution in [1.82, 2.24) is 14.8 Å². The van der Waals surface area contributed by atoms with Gasteiger partial charge in [0.05, 0.1) is 25.0 Å². The van der Waals surface area contributed by atoms with Crippen molar-refractivity contribution in [3.8, 4) is 0 Å². The quantitative estimate of drug-likeness (QED) is 0.813. The van der Waals surface area contributed by atoms with Gasteiger partial charge < -0.3 is 14.5 Å². The van der Waals surface area contributed by atoms with Crippen molar-refractivity contribution >= 4 is 5.91 Å². The highest BCUT2D eigenvalue weighted by molar-refractivity contribution is 5.95. The molecule has 1 unspecified atom stereocenters. The van der Waals surface area contributed by atoms with E-state index in [2.05, 4.69) is 29.1 Å². The standard InChI is InChI=1S/C21H24FN3O2/c1-24-13-21(9-17(24)12-27-11-16-5-3-2-4-6-16)14-25(15-21)20(26)18-7-8-23-10-19(18)22/h2-8,10,17H,9,11-15H2,1H3. The predicted octanol–water partition coefficient (Wildman–Crippen LogP) is 2.58. The number of ether oxygens (including phenoxy) is 1. The van der Waals surface area contributed by atoms with Crippen LogP contribution in [0.3, 0.4) is 0 Å². The highest BCUT2D eigenvalue weighted by atomic mass is 19.1. The molecule has 142 valence electrons. The molecule has 1 atom stereocenters. The molecule has 0 bridgehead atoms.